The summed E-state index contributed by atoms with van der Waals surface area (Å²) in [6.07, 6.45) is 5.38. The van der Waals surface area contributed by atoms with Gasteiger partial charge in [-0.05, 0) is 37.1 Å². The Bertz CT molecular complexity index is 604. The van der Waals surface area contributed by atoms with Crippen LogP contribution in [0.2, 0.25) is 0 Å². The Morgan fingerprint density at radius 1 is 1.26 bits per heavy atom. The molecule has 1 aromatic heterocycles. The van der Waals surface area contributed by atoms with Crippen molar-refractivity contribution < 1.29 is 4.79 Å². The summed E-state index contributed by atoms with van der Waals surface area (Å²) in [6, 6.07) is 7.80. The second-order valence-electron chi connectivity index (χ2n) is 6.46. The second-order valence-corrected chi connectivity index (χ2v) is 6.46. The number of amides is 1. The molecule has 0 spiro atoms. The minimum atomic E-state index is -0.0457. The van der Waals surface area contributed by atoms with Gasteiger partial charge < -0.3 is 14.8 Å². The van der Waals surface area contributed by atoms with E-state index >= 15 is 0 Å². The molecule has 23 heavy (non-hydrogen) atoms. The molecule has 2 aromatic rings. The van der Waals surface area contributed by atoms with E-state index < -0.39 is 0 Å². The van der Waals surface area contributed by atoms with Crippen molar-refractivity contribution in [2.24, 2.45) is 5.92 Å². The SMILES string of the molecule is CC(C)CN(C)c1ccc(C(=O)NC(C)Cn2ccnc2)cc1. The summed E-state index contributed by atoms with van der Waals surface area (Å²) < 4.78 is 1.95. The predicted molar refractivity (Wildman–Crippen MR) is 93.7 cm³/mol. The van der Waals surface area contributed by atoms with Gasteiger partial charge in [-0.15, -0.1) is 0 Å². The van der Waals surface area contributed by atoms with E-state index in [4.69, 9.17) is 0 Å². The topological polar surface area (TPSA) is 50.2 Å². The maximum Gasteiger partial charge on any atom is 0.251 e. The molecule has 1 N–H and O–H groups in total. The highest BCUT2D eigenvalue weighted by molar-refractivity contribution is 5.94. The first-order valence-electron chi connectivity index (χ1n) is 8.03. The Morgan fingerprint density at radius 2 is 1.96 bits per heavy atom. The summed E-state index contributed by atoms with van der Waals surface area (Å²) >= 11 is 0. The summed E-state index contributed by atoms with van der Waals surface area (Å²) in [6.45, 7) is 8.08. The molecule has 0 aliphatic rings. The zero-order valence-corrected chi connectivity index (χ0v) is 14.4. The van der Waals surface area contributed by atoms with Crippen molar-refractivity contribution in [2.75, 3.05) is 18.5 Å². The van der Waals surface area contributed by atoms with E-state index in [2.05, 4.69) is 36.1 Å². The summed E-state index contributed by atoms with van der Waals surface area (Å²) in [5.74, 6) is 0.558. The van der Waals surface area contributed by atoms with Gasteiger partial charge in [-0.2, -0.15) is 0 Å². The van der Waals surface area contributed by atoms with E-state index in [0.29, 0.717) is 18.0 Å². The van der Waals surface area contributed by atoms with Crippen LogP contribution < -0.4 is 10.2 Å². The lowest BCUT2D eigenvalue weighted by atomic mass is 10.1. The van der Waals surface area contributed by atoms with Gasteiger partial charge in [-0.25, -0.2) is 4.98 Å². The molecule has 1 amide bonds. The van der Waals surface area contributed by atoms with Gasteiger partial charge in [0.1, 0.15) is 0 Å². The third-order valence-electron chi connectivity index (χ3n) is 3.63. The molecular weight excluding hydrogens is 288 g/mol. The van der Waals surface area contributed by atoms with Gasteiger partial charge in [0.05, 0.1) is 6.33 Å². The third-order valence-corrected chi connectivity index (χ3v) is 3.63. The summed E-state index contributed by atoms with van der Waals surface area (Å²) in [5.41, 5.74) is 1.81. The van der Waals surface area contributed by atoms with E-state index in [1.165, 1.54) is 0 Å². The van der Waals surface area contributed by atoms with Crippen LogP contribution in [0, 0.1) is 5.92 Å². The standard InChI is InChI=1S/C18H26N4O/c1-14(2)11-21(4)17-7-5-16(6-8-17)18(23)20-15(3)12-22-10-9-19-13-22/h5-10,13-15H,11-12H2,1-4H3,(H,20,23). The number of nitrogens with one attached hydrogen (secondary N) is 1. The highest BCUT2D eigenvalue weighted by Crippen LogP contribution is 2.15. The number of hydrogen-bond acceptors (Lipinski definition) is 3. The van der Waals surface area contributed by atoms with Gasteiger partial charge in [0.2, 0.25) is 0 Å². The molecule has 0 aliphatic heterocycles. The number of imidazole rings is 1. The van der Waals surface area contributed by atoms with E-state index in [0.717, 1.165) is 12.2 Å². The van der Waals surface area contributed by atoms with Crippen molar-refractivity contribution in [2.45, 2.75) is 33.4 Å². The fourth-order valence-electron chi connectivity index (χ4n) is 2.58. The van der Waals surface area contributed by atoms with Crippen molar-refractivity contribution in [1.82, 2.24) is 14.9 Å². The van der Waals surface area contributed by atoms with Crippen molar-refractivity contribution in [1.29, 1.82) is 0 Å². The summed E-state index contributed by atoms with van der Waals surface area (Å²) in [5, 5.41) is 3.01. The average Bonchev–Trinajstić information content (AvgIpc) is 2.99. The van der Waals surface area contributed by atoms with Gasteiger partial charge in [0, 0.05) is 49.8 Å². The monoisotopic (exact) mass is 314 g/mol. The van der Waals surface area contributed by atoms with Crippen LogP contribution in [-0.4, -0.2) is 35.1 Å². The molecule has 0 saturated carbocycles. The molecule has 0 fully saturated rings. The molecule has 1 atom stereocenters. The Morgan fingerprint density at radius 3 is 2.52 bits per heavy atom. The number of rotatable bonds is 7. The van der Waals surface area contributed by atoms with Gasteiger partial charge in [-0.1, -0.05) is 13.8 Å². The molecule has 1 unspecified atom stereocenters. The van der Waals surface area contributed by atoms with Crippen LogP contribution in [0.5, 0.6) is 0 Å². The van der Waals surface area contributed by atoms with E-state index in [1.54, 1.807) is 12.5 Å². The smallest absolute Gasteiger partial charge is 0.251 e. The highest BCUT2D eigenvalue weighted by atomic mass is 16.1. The maximum atomic E-state index is 12.3. The van der Waals surface area contributed by atoms with Gasteiger partial charge in [-0.3, -0.25) is 4.79 Å². The van der Waals surface area contributed by atoms with Crippen LogP contribution in [0.3, 0.4) is 0 Å². The minimum absolute atomic E-state index is 0.0417. The zero-order valence-electron chi connectivity index (χ0n) is 14.4. The fraction of sp³-hybridized carbons (Fsp3) is 0.444. The van der Waals surface area contributed by atoms with Gasteiger partial charge >= 0.3 is 0 Å². The van der Waals surface area contributed by atoms with Crippen LogP contribution >= 0.6 is 0 Å². The average molecular weight is 314 g/mol. The van der Waals surface area contributed by atoms with Crippen molar-refractivity contribution in [3.8, 4) is 0 Å². The van der Waals surface area contributed by atoms with Crippen molar-refractivity contribution >= 4 is 11.6 Å². The van der Waals surface area contributed by atoms with Crippen LogP contribution in [0.4, 0.5) is 5.69 Å². The molecular formula is C18H26N4O. The zero-order chi connectivity index (χ0) is 16.8. The van der Waals surface area contributed by atoms with Crippen LogP contribution in [0.1, 0.15) is 31.1 Å². The van der Waals surface area contributed by atoms with E-state index in [9.17, 15) is 4.79 Å². The number of aromatic nitrogens is 2. The Labute approximate surface area is 138 Å². The van der Waals surface area contributed by atoms with Gasteiger partial charge in [0.25, 0.3) is 5.91 Å². The first kappa shape index (κ1) is 17.1. The molecule has 0 bridgehead atoms. The normalized spacial score (nSPS) is 12.2. The summed E-state index contributed by atoms with van der Waals surface area (Å²) in [7, 11) is 2.07. The first-order chi connectivity index (χ1) is 11.0. The van der Waals surface area contributed by atoms with E-state index in [1.807, 2.05) is 42.0 Å². The minimum Gasteiger partial charge on any atom is -0.374 e. The fourth-order valence-corrected chi connectivity index (χ4v) is 2.58. The number of nitrogens with zero attached hydrogens (tertiary/aromatic N) is 3. The summed E-state index contributed by atoms with van der Waals surface area (Å²) in [4.78, 5) is 18.5. The Kier molecular flexibility index (Phi) is 5.79. The number of carbonyl (C=O) groups excluding carboxylic acids is 1. The van der Waals surface area contributed by atoms with Crippen molar-refractivity contribution in [3.63, 3.8) is 0 Å². The number of benzene rings is 1. The third kappa shape index (κ3) is 5.13. The molecule has 1 aromatic carbocycles. The number of anilines is 1. The quantitative estimate of drug-likeness (QED) is 0.855. The lowest BCUT2D eigenvalue weighted by Crippen LogP contribution is -2.35. The second kappa shape index (κ2) is 7.81. The van der Waals surface area contributed by atoms with Gasteiger partial charge in [0.15, 0.2) is 0 Å². The molecule has 5 nitrogen and oxygen atoms in total. The van der Waals surface area contributed by atoms with Crippen molar-refractivity contribution in [3.05, 3.63) is 48.5 Å². The highest BCUT2D eigenvalue weighted by Gasteiger charge is 2.11. The number of hydrogen-bond donors (Lipinski definition) is 1. The molecule has 124 valence electrons. The first-order valence-corrected chi connectivity index (χ1v) is 8.03. The maximum absolute atomic E-state index is 12.3. The molecule has 5 heteroatoms. The lowest BCUT2D eigenvalue weighted by molar-refractivity contribution is 0.0936. The Hall–Kier alpha value is -2.30. The van der Waals surface area contributed by atoms with Crippen LogP contribution in [0.15, 0.2) is 43.0 Å². The largest absolute Gasteiger partial charge is 0.374 e. The van der Waals surface area contributed by atoms with Crippen LogP contribution in [-0.2, 0) is 6.54 Å². The molecule has 0 radical (unpaired) electrons. The predicted octanol–water partition coefficient (Wildman–Crippen LogP) is 2.79. The lowest BCUT2D eigenvalue weighted by Gasteiger charge is -2.21. The van der Waals surface area contributed by atoms with Crippen LogP contribution in [0.25, 0.3) is 0 Å². The molecule has 2 rings (SSSR count). The van der Waals surface area contributed by atoms with E-state index in [-0.39, 0.29) is 11.9 Å². The molecule has 0 aliphatic carbocycles. The number of carbonyl (C=O) groups is 1. The molecule has 1 heterocycles. The molecule has 0 saturated heterocycles. The Balaban J connectivity index is 1.92.